The van der Waals surface area contributed by atoms with Crippen molar-refractivity contribution in [3.05, 3.63) is 40.9 Å². The number of amides is 2. The molecule has 7 nitrogen and oxygen atoms in total. The lowest BCUT2D eigenvalue weighted by Crippen LogP contribution is -2.45. The van der Waals surface area contributed by atoms with Gasteiger partial charge in [0, 0.05) is 18.5 Å². The summed E-state index contributed by atoms with van der Waals surface area (Å²) in [5.41, 5.74) is 0.870. The third-order valence-electron chi connectivity index (χ3n) is 4.78. The van der Waals surface area contributed by atoms with Gasteiger partial charge in [-0.1, -0.05) is 41.7 Å². The highest BCUT2D eigenvalue weighted by Crippen LogP contribution is 2.34. The van der Waals surface area contributed by atoms with E-state index in [0.717, 1.165) is 23.4 Å². The van der Waals surface area contributed by atoms with Crippen molar-refractivity contribution in [2.24, 2.45) is 0 Å². The molecule has 1 aliphatic heterocycles. The van der Waals surface area contributed by atoms with E-state index in [1.807, 2.05) is 18.2 Å². The average molecular weight is 391 g/mol. The van der Waals surface area contributed by atoms with Crippen LogP contribution in [-0.4, -0.2) is 58.6 Å². The molecule has 27 heavy (non-hydrogen) atoms. The van der Waals surface area contributed by atoms with Crippen molar-refractivity contribution < 1.29 is 14.6 Å². The quantitative estimate of drug-likeness (QED) is 0.792. The highest BCUT2D eigenvalue weighted by atomic mass is 32.1. The van der Waals surface area contributed by atoms with Crippen molar-refractivity contribution >= 4 is 22.5 Å². The standard InChI is InChI=1S/C19H26N4O3S/c1-19(2,14-7-4-3-5-8-14)16-21-22-17(27-16)20-18(25)23-10-6-9-15(13-23)26-12-11-24/h3-5,7-8,15,24H,6,9-13H2,1-2H3,(H,20,22,25). The molecule has 1 aromatic carbocycles. The van der Waals surface area contributed by atoms with Gasteiger partial charge in [-0.3, -0.25) is 5.32 Å². The van der Waals surface area contributed by atoms with Crippen LogP contribution in [0.1, 0.15) is 37.3 Å². The minimum absolute atomic E-state index is 0.00649. The first-order chi connectivity index (χ1) is 13.0. The summed E-state index contributed by atoms with van der Waals surface area (Å²) in [6.07, 6.45) is 1.75. The second kappa shape index (κ2) is 8.77. The fourth-order valence-electron chi connectivity index (χ4n) is 3.15. The van der Waals surface area contributed by atoms with Crippen molar-refractivity contribution in [2.75, 3.05) is 31.6 Å². The van der Waals surface area contributed by atoms with E-state index >= 15 is 0 Å². The minimum atomic E-state index is -0.281. The van der Waals surface area contributed by atoms with E-state index in [1.165, 1.54) is 11.3 Å². The first-order valence-corrected chi connectivity index (χ1v) is 10.00. The number of nitrogens with zero attached hydrogens (tertiary/aromatic N) is 3. The second-order valence-electron chi connectivity index (χ2n) is 7.14. The number of hydrogen-bond acceptors (Lipinski definition) is 6. The number of anilines is 1. The summed E-state index contributed by atoms with van der Waals surface area (Å²) in [7, 11) is 0. The number of ether oxygens (including phenoxy) is 1. The Balaban J connectivity index is 1.62. The van der Waals surface area contributed by atoms with E-state index in [4.69, 9.17) is 9.84 Å². The van der Waals surface area contributed by atoms with Crippen LogP contribution in [0.25, 0.3) is 0 Å². The van der Waals surface area contributed by atoms with E-state index in [2.05, 4.69) is 41.5 Å². The Morgan fingerprint density at radius 1 is 1.37 bits per heavy atom. The molecular weight excluding hydrogens is 364 g/mol. The molecule has 0 radical (unpaired) electrons. The summed E-state index contributed by atoms with van der Waals surface area (Å²) in [5.74, 6) is 0. The molecule has 1 atom stereocenters. The Labute approximate surface area is 163 Å². The van der Waals surface area contributed by atoms with E-state index in [-0.39, 0.29) is 24.2 Å². The Hall–Kier alpha value is -2.03. The summed E-state index contributed by atoms with van der Waals surface area (Å²) < 4.78 is 5.56. The number of carbonyl (C=O) groups excluding carboxylic acids is 1. The van der Waals surface area contributed by atoms with Crippen molar-refractivity contribution in [1.82, 2.24) is 15.1 Å². The average Bonchev–Trinajstić information content (AvgIpc) is 3.16. The first kappa shape index (κ1) is 19.7. The molecule has 8 heteroatoms. The Morgan fingerprint density at radius 2 is 2.15 bits per heavy atom. The van der Waals surface area contributed by atoms with Crippen LogP contribution in [0.4, 0.5) is 9.93 Å². The van der Waals surface area contributed by atoms with Gasteiger partial charge in [-0.05, 0) is 32.3 Å². The Kier molecular flexibility index (Phi) is 6.41. The van der Waals surface area contributed by atoms with Gasteiger partial charge in [0.15, 0.2) is 0 Å². The van der Waals surface area contributed by atoms with Gasteiger partial charge in [0.2, 0.25) is 5.13 Å². The van der Waals surface area contributed by atoms with Gasteiger partial charge in [0.1, 0.15) is 5.01 Å². The molecule has 0 spiro atoms. The van der Waals surface area contributed by atoms with Gasteiger partial charge in [-0.25, -0.2) is 4.79 Å². The number of carbonyl (C=O) groups is 1. The number of aliphatic hydroxyl groups excluding tert-OH is 1. The fourth-order valence-corrected chi connectivity index (χ4v) is 4.01. The number of hydrogen-bond donors (Lipinski definition) is 2. The maximum absolute atomic E-state index is 12.6. The minimum Gasteiger partial charge on any atom is -0.394 e. The van der Waals surface area contributed by atoms with Crippen molar-refractivity contribution in [3.8, 4) is 0 Å². The fraction of sp³-hybridized carbons (Fsp3) is 0.526. The molecule has 2 N–H and O–H groups in total. The molecule has 1 saturated heterocycles. The maximum Gasteiger partial charge on any atom is 0.323 e. The normalized spacial score (nSPS) is 17.7. The topological polar surface area (TPSA) is 87.6 Å². The molecule has 3 rings (SSSR count). The first-order valence-electron chi connectivity index (χ1n) is 9.18. The van der Waals surface area contributed by atoms with Gasteiger partial charge < -0.3 is 14.7 Å². The van der Waals surface area contributed by atoms with Crippen molar-refractivity contribution in [3.63, 3.8) is 0 Å². The van der Waals surface area contributed by atoms with Crippen molar-refractivity contribution in [1.29, 1.82) is 0 Å². The SMILES string of the molecule is CC(C)(c1ccccc1)c1nnc(NC(=O)N2CCCC(OCCO)C2)s1. The number of piperidine rings is 1. The number of aliphatic hydroxyl groups is 1. The van der Waals surface area contributed by atoms with Gasteiger partial charge in [0.05, 0.1) is 19.3 Å². The van der Waals surface area contributed by atoms with Crippen LogP contribution in [0.2, 0.25) is 0 Å². The van der Waals surface area contributed by atoms with Gasteiger partial charge in [-0.2, -0.15) is 0 Å². The number of aromatic nitrogens is 2. The predicted octanol–water partition coefficient (Wildman–Crippen LogP) is 2.87. The van der Waals surface area contributed by atoms with E-state index in [1.54, 1.807) is 4.90 Å². The monoisotopic (exact) mass is 390 g/mol. The van der Waals surface area contributed by atoms with Crippen molar-refractivity contribution in [2.45, 2.75) is 38.2 Å². The summed E-state index contributed by atoms with van der Waals surface area (Å²) in [6.45, 7) is 5.70. The van der Waals surface area contributed by atoms with Crippen LogP contribution in [-0.2, 0) is 10.2 Å². The van der Waals surface area contributed by atoms with Crippen LogP contribution in [0.15, 0.2) is 30.3 Å². The number of nitrogens with one attached hydrogen (secondary N) is 1. The third-order valence-corrected chi connectivity index (χ3v) is 5.94. The number of benzene rings is 1. The number of likely N-dealkylation sites (tertiary alicyclic amines) is 1. The molecule has 2 aromatic rings. The van der Waals surface area contributed by atoms with Gasteiger partial charge in [0.25, 0.3) is 0 Å². The van der Waals surface area contributed by atoms with Gasteiger partial charge >= 0.3 is 6.03 Å². The largest absolute Gasteiger partial charge is 0.394 e. The predicted molar refractivity (Wildman–Crippen MR) is 105 cm³/mol. The number of urea groups is 1. The molecule has 0 aliphatic carbocycles. The summed E-state index contributed by atoms with van der Waals surface area (Å²) in [6, 6.07) is 9.95. The molecule has 1 aromatic heterocycles. The molecule has 1 aliphatic rings. The van der Waals surface area contributed by atoms with Crippen LogP contribution in [0.5, 0.6) is 0 Å². The zero-order valence-electron chi connectivity index (χ0n) is 15.7. The lowest BCUT2D eigenvalue weighted by Gasteiger charge is -2.32. The highest BCUT2D eigenvalue weighted by Gasteiger charge is 2.29. The zero-order chi connectivity index (χ0) is 19.3. The summed E-state index contributed by atoms with van der Waals surface area (Å²) in [5, 5.41) is 21.6. The third kappa shape index (κ3) is 4.82. The Bertz CT molecular complexity index is 750. The lowest BCUT2D eigenvalue weighted by molar-refractivity contribution is -0.00462. The van der Waals surface area contributed by atoms with Crippen LogP contribution >= 0.6 is 11.3 Å². The van der Waals surface area contributed by atoms with E-state index < -0.39 is 0 Å². The molecule has 1 fully saturated rings. The summed E-state index contributed by atoms with van der Waals surface area (Å²) in [4.78, 5) is 14.3. The molecule has 2 heterocycles. The molecule has 0 saturated carbocycles. The van der Waals surface area contributed by atoms with Crippen LogP contribution in [0, 0.1) is 0 Å². The van der Waals surface area contributed by atoms with Crippen LogP contribution in [0.3, 0.4) is 0 Å². The lowest BCUT2D eigenvalue weighted by atomic mass is 9.85. The molecule has 0 bridgehead atoms. The Morgan fingerprint density at radius 3 is 2.89 bits per heavy atom. The number of rotatable bonds is 6. The smallest absolute Gasteiger partial charge is 0.323 e. The highest BCUT2D eigenvalue weighted by molar-refractivity contribution is 7.15. The van der Waals surface area contributed by atoms with Crippen LogP contribution < -0.4 is 5.32 Å². The molecule has 2 amide bonds. The summed E-state index contributed by atoms with van der Waals surface area (Å²) >= 11 is 1.40. The second-order valence-corrected chi connectivity index (χ2v) is 8.12. The van der Waals surface area contributed by atoms with E-state index in [0.29, 0.717) is 24.8 Å². The molecule has 146 valence electrons. The van der Waals surface area contributed by atoms with Gasteiger partial charge in [-0.15, -0.1) is 10.2 Å². The maximum atomic E-state index is 12.6. The zero-order valence-corrected chi connectivity index (χ0v) is 16.5. The van der Waals surface area contributed by atoms with E-state index in [9.17, 15) is 4.79 Å². The molecular formula is C19H26N4O3S. The molecule has 1 unspecified atom stereocenters.